The standard InChI is InChI=1S/C34H29NO2/c1-21-8-3-5-10-26(21)34(37)35-24-15-17-25(22(2)20-24)33(36)32-13-7-12-28-30-16-14-23-9-4-6-11-27(23)29(30)18-19-31(28)32/h3,5,7-10,12-17,19-20H,4,6,11,18H2,1-2H3,(H,35,37). The number of nitrogens with one attached hydrogen (secondary N) is 1. The lowest BCUT2D eigenvalue weighted by atomic mass is 9.87. The number of fused-ring (bicyclic) bond motifs is 4. The predicted octanol–water partition coefficient (Wildman–Crippen LogP) is 5.53. The molecule has 0 saturated carbocycles. The van der Waals surface area contributed by atoms with Crippen molar-refractivity contribution >= 4 is 29.5 Å². The Bertz CT molecular complexity index is 1810. The van der Waals surface area contributed by atoms with Gasteiger partial charge in [-0.15, -0.1) is 0 Å². The Morgan fingerprint density at radius 3 is 2.41 bits per heavy atom. The number of aryl methyl sites for hydroxylation is 2. The number of rotatable bonds is 4. The van der Waals surface area contributed by atoms with Gasteiger partial charge in [0.05, 0.1) is 0 Å². The van der Waals surface area contributed by atoms with Crippen molar-refractivity contribution in [1.29, 1.82) is 0 Å². The molecule has 1 amide bonds. The molecule has 0 unspecified atom stereocenters. The average Bonchev–Trinajstić information content (AvgIpc) is 2.92. The summed E-state index contributed by atoms with van der Waals surface area (Å²) < 4.78 is 0. The molecule has 2 aliphatic carbocycles. The van der Waals surface area contributed by atoms with Crippen molar-refractivity contribution in [3.05, 3.63) is 133 Å². The van der Waals surface area contributed by atoms with Gasteiger partial charge in [-0.2, -0.15) is 0 Å². The Hall–Kier alpha value is -4.24. The Morgan fingerprint density at radius 1 is 0.730 bits per heavy atom. The maximum atomic E-state index is 13.8. The first kappa shape index (κ1) is 23.2. The summed E-state index contributed by atoms with van der Waals surface area (Å²) in [6.07, 6.45) is 8.92. The number of ketones is 1. The van der Waals surface area contributed by atoms with E-state index in [1.165, 1.54) is 28.0 Å². The molecule has 0 heterocycles. The summed E-state index contributed by atoms with van der Waals surface area (Å²) in [6.45, 7) is 3.85. The van der Waals surface area contributed by atoms with Crippen molar-refractivity contribution in [3.8, 4) is 0 Å². The van der Waals surface area contributed by atoms with Gasteiger partial charge in [0.25, 0.3) is 5.91 Å². The molecule has 1 N–H and O–H groups in total. The van der Waals surface area contributed by atoms with Crippen LogP contribution in [0.25, 0.3) is 12.2 Å². The van der Waals surface area contributed by atoms with E-state index in [-0.39, 0.29) is 11.7 Å². The van der Waals surface area contributed by atoms with E-state index in [9.17, 15) is 9.59 Å². The van der Waals surface area contributed by atoms with E-state index in [0.717, 1.165) is 46.4 Å². The fourth-order valence-electron chi connectivity index (χ4n) is 5.81. The molecule has 0 atom stereocenters. The van der Waals surface area contributed by atoms with E-state index in [1.54, 1.807) is 0 Å². The van der Waals surface area contributed by atoms with Gasteiger partial charge in [-0.05, 0) is 107 Å². The summed E-state index contributed by atoms with van der Waals surface area (Å²) in [5.74, 6) is -0.140. The minimum absolute atomic E-state index is 0.0112. The number of hydrogen-bond acceptors (Lipinski definition) is 2. The van der Waals surface area contributed by atoms with E-state index in [1.807, 2.05) is 68.4 Å². The molecule has 4 aromatic rings. The zero-order chi connectivity index (χ0) is 25.5. The topological polar surface area (TPSA) is 46.2 Å². The summed E-state index contributed by atoms with van der Waals surface area (Å²) >= 11 is 0. The summed E-state index contributed by atoms with van der Waals surface area (Å²) in [5.41, 5.74) is 7.36. The predicted molar refractivity (Wildman–Crippen MR) is 149 cm³/mol. The van der Waals surface area contributed by atoms with Gasteiger partial charge in [0.1, 0.15) is 0 Å². The largest absolute Gasteiger partial charge is 0.322 e. The van der Waals surface area contributed by atoms with Gasteiger partial charge in [0.15, 0.2) is 5.78 Å². The van der Waals surface area contributed by atoms with E-state index in [2.05, 4.69) is 35.7 Å². The Kier molecular flexibility index (Phi) is 5.84. The molecule has 0 saturated heterocycles. The minimum Gasteiger partial charge on any atom is -0.322 e. The normalized spacial score (nSPS) is 13.4. The highest BCUT2D eigenvalue weighted by Crippen LogP contribution is 2.21. The lowest BCUT2D eigenvalue weighted by Gasteiger charge is -2.17. The molecular formula is C34H29NO2. The van der Waals surface area contributed by atoms with E-state index < -0.39 is 0 Å². The molecule has 0 aromatic heterocycles. The summed E-state index contributed by atoms with van der Waals surface area (Å²) in [5, 5.41) is 7.77. The molecule has 4 aromatic carbocycles. The van der Waals surface area contributed by atoms with Crippen molar-refractivity contribution in [3.63, 3.8) is 0 Å². The van der Waals surface area contributed by atoms with Crippen LogP contribution in [-0.4, -0.2) is 11.7 Å². The molecule has 0 radical (unpaired) electrons. The highest BCUT2D eigenvalue weighted by atomic mass is 16.1. The maximum Gasteiger partial charge on any atom is 0.255 e. The molecule has 182 valence electrons. The SMILES string of the molecule is Cc1ccccc1C(=O)Nc1ccc(C(=O)c2cccc3c2=CCc2c4c(ccc2=3)=CCCC4)c(C)c1. The molecule has 0 fully saturated rings. The minimum atomic E-state index is -0.151. The third kappa shape index (κ3) is 4.11. The van der Waals surface area contributed by atoms with Crippen LogP contribution in [0, 0.1) is 24.3 Å². The van der Waals surface area contributed by atoms with Gasteiger partial charge in [-0.25, -0.2) is 0 Å². The second-order valence-electron chi connectivity index (χ2n) is 10.1. The molecule has 37 heavy (non-hydrogen) atoms. The van der Waals surface area contributed by atoms with Crippen LogP contribution in [0.15, 0.2) is 72.8 Å². The lowest BCUT2D eigenvalue weighted by molar-refractivity contribution is 0.102. The van der Waals surface area contributed by atoms with Crippen LogP contribution in [0.5, 0.6) is 0 Å². The third-order valence-corrected chi connectivity index (χ3v) is 7.73. The monoisotopic (exact) mass is 483 g/mol. The smallest absolute Gasteiger partial charge is 0.255 e. The van der Waals surface area contributed by atoms with Crippen molar-refractivity contribution < 1.29 is 9.59 Å². The van der Waals surface area contributed by atoms with Crippen LogP contribution in [0.4, 0.5) is 5.69 Å². The van der Waals surface area contributed by atoms with E-state index in [0.29, 0.717) is 16.8 Å². The number of anilines is 1. The first-order chi connectivity index (χ1) is 18.0. The Balaban J connectivity index is 1.37. The highest BCUT2D eigenvalue weighted by Gasteiger charge is 2.18. The van der Waals surface area contributed by atoms with Crippen LogP contribution in [0.1, 0.15) is 61.4 Å². The zero-order valence-electron chi connectivity index (χ0n) is 21.2. The maximum absolute atomic E-state index is 13.8. The van der Waals surface area contributed by atoms with Crippen LogP contribution >= 0.6 is 0 Å². The van der Waals surface area contributed by atoms with Gasteiger partial charge < -0.3 is 5.32 Å². The number of benzene rings is 4. The molecule has 2 aliphatic rings. The Labute approximate surface area is 216 Å². The van der Waals surface area contributed by atoms with Crippen LogP contribution < -0.4 is 15.8 Å². The molecule has 0 bridgehead atoms. The zero-order valence-corrected chi connectivity index (χ0v) is 21.2. The number of carbonyl (C=O) groups excluding carboxylic acids is 2. The molecule has 0 aliphatic heterocycles. The third-order valence-electron chi connectivity index (χ3n) is 7.73. The van der Waals surface area contributed by atoms with Gasteiger partial charge in [0, 0.05) is 22.4 Å². The van der Waals surface area contributed by atoms with Gasteiger partial charge >= 0.3 is 0 Å². The van der Waals surface area contributed by atoms with Gasteiger partial charge in [-0.1, -0.05) is 60.7 Å². The summed E-state index contributed by atoms with van der Waals surface area (Å²) in [6, 6.07) is 23.6. The number of hydrogen-bond donors (Lipinski definition) is 1. The first-order valence-corrected chi connectivity index (χ1v) is 13.0. The quantitative estimate of drug-likeness (QED) is 0.388. The first-order valence-electron chi connectivity index (χ1n) is 13.0. The molecule has 3 nitrogen and oxygen atoms in total. The average molecular weight is 484 g/mol. The molecule has 0 spiro atoms. The van der Waals surface area contributed by atoms with Gasteiger partial charge in [-0.3, -0.25) is 9.59 Å². The molecule has 3 heteroatoms. The van der Waals surface area contributed by atoms with Gasteiger partial charge in [0.2, 0.25) is 0 Å². The van der Waals surface area contributed by atoms with Crippen molar-refractivity contribution in [2.24, 2.45) is 0 Å². The van der Waals surface area contributed by atoms with Crippen molar-refractivity contribution in [2.75, 3.05) is 5.32 Å². The molecule has 6 rings (SSSR count). The van der Waals surface area contributed by atoms with E-state index in [4.69, 9.17) is 0 Å². The van der Waals surface area contributed by atoms with Crippen LogP contribution in [-0.2, 0) is 12.8 Å². The van der Waals surface area contributed by atoms with Crippen molar-refractivity contribution in [1.82, 2.24) is 0 Å². The molecular weight excluding hydrogens is 454 g/mol. The second kappa shape index (κ2) is 9.33. The van der Waals surface area contributed by atoms with Crippen LogP contribution in [0.3, 0.4) is 0 Å². The van der Waals surface area contributed by atoms with Crippen LogP contribution in [0.2, 0.25) is 0 Å². The Morgan fingerprint density at radius 2 is 1.57 bits per heavy atom. The lowest BCUT2D eigenvalue weighted by Crippen LogP contribution is -2.23. The second-order valence-corrected chi connectivity index (χ2v) is 10.1. The number of amides is 1. The highest BCUT2D eigenvalue weighted by molar-refractivity contribution is 6.11. The van der Waals surface area contributed by atoms with E-state index >= 15 is 0 Å². The summed E-state index contributed by atoms with van der Waals surface area (Å²) in [4.78, 5) is 26.5. The summed E-state index contributed by atoms with van der Waals surface area (Å²) in [7, 11) is 0. The fourth-order valence-corrected chi connectivity index (χ4v) is 5.81. The number of carbonyl (C=O) groups is 2. The fraction of sp³-hybridized carbons (Fsp3) is 0.176. The van der Waals surface area contributed by atoms with Crippen molar-refractivity contribution in [2.45, 2.75) is 39.5 Å².